The molecular weight excluding hydrogens is 366 g/mol. The molecule has 0 bridgehead atoms. The summed E-state index contributed by atoms with van der Waals surface area (Å²) in [5.41, 5.74) is 0.411. The lowest BCUT2D eigenvalue weighted by atomic mass is 10.0. The third-order valence-corrected chi connectivity index (χ3v) is 4.94. The van der Waals surface area contributed by atoms with Gasteiger partial charge in [-0.15, -0.1) is 0 Å². The zero-order valence-electron chi connectivity index (χ0n) is 15.4. The minimum atomic E-state index is -1.06. The molecule has 2 aliphatic heterocycles. The van der Waals surface area contributed by atoms with Gasteiger partial charge in [-0.05, 0) is 25.0 Å². The lowest BCUT2D eigenvalue weighted by Crippen LogP contribution is -2.54. The molecular formula is C19H21N3O6. The van der Waals surface area contributed by atoms with Gasteiger partial charge < -0.3 is 10.4 Å². The molecule has 148 valence electrons. The highest BCUT2D eigenvalue weighted by Gasteiger charge is 2.45. The van der Waals surface area contributed by atoms with Crippen molar-refractivity contribution in [3.8, 4) is 0 Å². The van der Waals surface area contributed by atoms with Crippen molar-refractivity contribution in [1.82, 2.24) is 10.2 Å². The number of hydrogen-bond donors (Lipinski definition) is 3. The number of fused-ring (bicyclic) bond motifs is 1. The first-order valence-electron chi connectivity index (χ1n) is 9.19. The number of aliphatic carboxylic acids is 1. The fraction of sp³-hybridized carbons (Fsp3) is 0.421. The number of amides is 4. The van der Waals surface area contributed by atoms with E-state index < -0.39 is 41.7 Å². The first-order valence-corrected chi connectivity index (χ1v) is 9.19. The summed E-state index contributed by atoms with van der Waals surface area (Å²) in [6, 6.07) is 2.60. The van der Waals surface area contributed by atoms with Crippen molar-refractivity contribution < 1.29 is 29.1 Å². The third kappa shape index (κ3) is 3.47. The summed E-state index contributed by atoms with van der Waals surface area (Å²) in [6.45, 7) is 1.94. The number of nitrogens with zero attached hydrogens (tertiary/aromatic N) is 1. The van der Waals surface area contributed by atoms with Gasteiger partial charge in [0.25, 0.3) is 11.8 Å². The summed E-state index contributed by atoms with van der Waals surface area (Å²) in [7, 11) is 0. The Balaban J connectivity index is 1.90. The minimum absolute atomic E-state index is 0.0347. The van der Waals surface area contributed by atoms with Crippen molar-refractivity contribution >= 4 is 35.3 Å². The summed E-state index contributed by atoms with van der Waals surface area (Å²) >= 11 is 0. The van der Waals surface area contributed by atoms with Crippen LogP contribution in [0, 0.1) is 0 Å². The number of anilines is 1. The normalized spacial score (nSPS) is 20.0. The van der Waals surface area contributed by atoms with E-state index in [1.165, 1.54) is 6.07 Å². The van der Waals surface area contributed by atoms with Crippen molar-refractivity contribution in [2.24, 2.45) is 0 Å². The largest absolute Gasteiger partial charge is 0.480 e. The van der Waals surface area contributed by atoms with Crippen LogP contribution in [0.25, 0.3) is 0 Å². The third-order valence-electron chi connectivity index (χ3n) is 4.94. The van der Waals surface area contributed by atoms with Crippen LogP contribution in [0.5, 0.6) is 0 Å². The van der Waals surface area contributed by atoms with Gasteiger partial charge in [0.15, 0.2) is 0 Å². The van der Waals surface area contributed by atoms with E-state index in [0.29, 0.717) is 12.8 Å². The quantitative estimate of drug-likeness (QED) is 0.598. The smallest absolute Gasteiger partial charge is 0.326 e. The molecule has 1 aromatic rings. The van der Waals surface area contributed by atoms with Crippen LogP contribution in [-0.4, -0.2) is 51.7 Å². The molecule has 1 saturated heterocycles. The summed E-state index contributed by atoms with van der Waals surface area (Å²) in [5, 5.41) is 14.4. The number of carboxylic acid groups (broad SMARTS) is 1. The molecule has 0 aromatic heterocycles. The second-order valence-electron chi connectivity index (χ2n) is 6.85. The Morgan fingerprint density at radius 2 is 2.04 bits per heavy atom. The van der Waals surface area contributed by atoms with Crippen molar-refractivity contribution in [2.45, 2.75) is 51.1 Å². The standard InChI is InChI=1S/C19H21N3O6/c1-2-3-6-12(19(27)28)20-11-7-4-5-10-15(11)18(26)22(17(10)25)13-8-9-14(23)21-16(13)24/h4-5,7,12-13,20H,2-3,6,8-9H2,1H3,(H,27,28)(H,21,23,24). The van der Waals surface area contributed by atoms with Crippen LogP contribution >= 0.6 is 0 Å². The molecule has 0 aliphatic carbocycles. The number of nitrogens with one attached hydrogen (secondary N) is 2. The highest BCUT2D eigenvalue weighted by atomic mass is 16.4. The molecule has 4 amide bonds. The Morgan fingerprint density at radius 1 is 1.29 bits per heavy atom. The van der Waals surface area contributed by atoms with Gasteiger partial charge in [0.05, 0.1) is 11.1 Å². The molecule has 2 atom stereocenters. The Bertz CT molecular complexity index is 865. The summed E-state index contributed by atoms with van der Waals surface area (Å²) < 4.78 is 0. The van der Waals surface area contributed by atoms with E-state index in [4.69, 9.17) is 0 Å². The molecule has 28 heavy (non-hydrogen) atoms. The number of unbranched alkanes of at least 4 members (excludes halogenated alkanes) is 1. The van der Waals surface area contributed by atoms with Crippen LogP contribution in [0.15, 0.2) is 18.2 Å². The highest BCUT2D eigenvalue weighted by Crippen LogP contribution is 2.32. The number of carbonyl (C=O) groups is 5. The van der Waals surface area contributed by atoms with Gasteiger partial charge in [-0.25, -0.2) is 4.79 Å². The fourth-order valence-electron chi connectivity index (χ4n) is 3.49. The molecule has 3 rings (SSSR count). The van der Waals surface area contributed by atoms with E-state index >= 15 is 0 Å². The summed E-state index contributed by atoms with van der Waals surface area (Å²) in [5.74, 6) is -3.48. The van der Waals surface area contributed by atoms with Crippen molar-refractivity contribution in [2.75, 3.05) is 5.32 Å². The van der Waals surface area contributed by atoms with Gasteiger partial charge in [-0.3, -0.25) is 29.4 Å². The molecule has 0 spiro atoms. The van der Waals surface area contributed by atoms with Gasteiger partial charge in [0, 0.05) is 12.1 Å². The van der Waals surface area contributed by atoms with Crippen molar-refractivity contribution in [3.63, 3.8) is 0 Å². The fourth-order valence-corrected chi connectivity index (χ4v) is 3.49. The molecule has 9 heteroatoms. The van der Waals surface area contributed by atoms with E-state index in [-0.39, 0.29) is 29.7 Å². The number of carbonyl (C=O) groups excluding carboxylic acids is 4. The number of benzene rings is 1. The van der Waals surface area contributed by atoms with Crippen molar-refractivity contribution in [3.05, 3.63) is 29.3 Å². The predicted molar refractivity (Wildman–Crippen MR) is 97.7 cm³/mol. The summed E-state index contributed by atoms with van der Waals surface area (Å²) in [6.07, 6.45) is 1.97. The van der Waals surface area contributed by atoms with Crippen molar-refractivity contribution in [1.29, 1.82) is 0 Å². The number of hydrogen-bond acceptors (Lipinski definition) is 6. The van der Waals surface area contributed by atoms with Crippen LogP contribution in [-0.2, 0) is 14.4 Å². The lowest BCUT2D eigenvalue weighted by Gasteiger charge is -2.27. The molecule has 3 N–H and O–H groups in total. The van der Waals surface area contributed by atoms with E-state index in [0.717, 1.165) is 11.3 Å². The monoisotopic (exact) mass is 387 g/mol. The zero-order chi connectivity index (χ0) is 20.4. The second kappa shape index (κ2) is 7.79. The van der Waals surface area contributed by atoms with Gasteiger partial charge in [0.2, 0.25) is 11.8 Å². The van der Waals surface area contributed by atoms with Gasteiger partial charge in [-0.1, -0.05) is 25.8 Å². The van der Waals surface area contributed by atoms with Gasteiger partial charge in [-0.2, -0.15) is 0 Å². The average Bonchev–Trinajstić information content (AvgIpc) is 2.90. The Morgan fingerprint density at radius 3 is 2.68 bits per heavy atom. The van der Waals surface area contributed by atoms with Crippen LogP contribution < -0.4 is 10.6 Å². The van der Waals surface area contributed by atoms with Crippen LogP contribution in [0.2, 0.25) is 0 Å². The molecule has 0 saturated carbocycles. The maximum Gasteiger partial charge on any atom is 0.326 e. The number of carboxylic acids is 1. The van der Waals surface area contributed by atoms with Crippen LogP contribution in [0.3, 0.4) is 0 Å². The SMILES string of the molecule is CCCCC(Nc1cccc2c1C(=O)N(C1CCC(=O)NC1=O)C2=O)C(=O)O. The summed E-state index contributed by atoms with van der Waals surface area (Å²) in [4.78, 5) is 61.6. The topological polar surface area (TPSA) is 133 Å². The molecule has 1 aromatic carbocycles. The molecule has 9 nitrogen and oxygen atoms in total. The molecule has 0 radical (unpaired) electrons. The first kappa shape index (κ1) is 19.5. The van der Waals surface area contributed by atoms with E-state index in [2.05, 4.69) is 10.6 Å². The average molecular weight is 387 g/mol. The zero-order valence-corrected chi connectivity index (χ0v) is 15.4. The van der Waals surface area contributed by atoms with Gasteiger partial charge >= 0.3 is 5.97 Å². The van der Waals surface area contributed by atoms with E-state index in [1.54, 1.807) is 12.1 Å². The van der Waals surface area contributed by atoms with Crippen LogP contribution in [0.1, 0.15) is 59.7 Å². The number of imide groups is 2. The Labute approximate surface area is 161 Å². The second-order valence-corrected chi connectivity index (χ2v) is 6.85. The highest BCUT2D eigenvalue weighted by molar-refractivity contribution is 6.25. The molecule has 1 fully saturated rings. The predicted octanol–water partition coefficient (Wildman–Crippen LogP) is 1.14. The maximum absolute atomic E-state index is 13.0. The minimum Gasteiger partial charge on any atom is -0.480 e. The van der Waals surface area contributed by atoms with E-state index in [1.807, 2.05) is 6.92 Å². The molecule has 2 unspecified atom stereocenters. The molecule has 2 aliphatic rings. The first-order chi connectivity index (χ1) is 13.3. The van der Waals surface area contributed by atoms with Crippen LogP contribution in [0.4, 0.5) is 5.69 Å². The lowest BCUT2D eigenvalue weighted by molar-refractivity contribution is -0.138. The molecule has 2 heterocycles. The van der Waals surface area contributed by atoms with E-state index in [9.17, 15) is 29.1 Å². The Kier molecular flexibility index (Phi) is 5.43. The van der Waals surface area contributed by atoms with Gasteiger partial charge in [0.1, 0.15) is 12.1 Å². The maximum atomic E-state index is 13.0. The number of piperidine rings is 1. The Hall–Kier alpha value is -3.23. The number of rotatable bonds is 7.